The quantitative estimate of drug-likeness (QED) is 0.485. The molecule has 0 heterocycles. The van der Waals surface area contributed by atoms with E-state index in [0.717, 1.165) is 35.5 Å². The topological polar surface area (TPSA) is 50.4 Å². The van der Waals surface area contributed by atoms with Crippen LogP contribution in [0.5, 0.6) is 5.75 Å². The lowest BCUT2D eigenvalue weighted by atomic mass is 10.1. The number of ether oxygens (including phenoxy) is 1. The maximum Gasteiger partial charge on any atom is 0.243 e. The second-order valence-electron chi connectivity index (χ2n) is 7.11. The first-order valence-corrected chi connectivity index (χ1v) is 9.98. The SMILES string of the molecule is Cc1cccc(NCC(=O)Nc2cccc(OCCCc3ccccc3)c2)c1C. The van der Waals surface area contributed by atoms with Crippen molar-refractivity contribution in [3.8, 4) is 5.75 Å². The zero-order valence-electron chi connectivity index (χ0n) is 17.1. The summed E-state index contributed by atoms with van der Waals surface area (Å²) >= 11 is 0. The van der Waals surface area contributed by atoms with Crippen LogP contribution in [0.2, 0.25) is 0 Å². The lowest BCUT2D eigenvalue weighted by molar-refractivity contribution is -0.114. The maximum atomic E-state index is 12.3. The highest BCUT2D eigenvalue weighted by atomic mass is 16.5. The third-order valence-corrected chi connectivity index (χ3v) is 4.88. The Kier molecular flexibility index (Phi) is 7.28. The number of carbonyl (C=O) groups is 1. The van der Waals surface area contributed by atoms with Gasteiger partial charge in [0, 0.05) is 17.4 Å². The van der Waals surface area contributed by atoms with Crippen molar-refractivity contribution >= 4 is 17.3 Å². The third kappa shape index (κ3) is 6.39. The van der Waals surface area contributed by atoms with Gasteiger partial charge in [-0.25, -0.2) is 0 Å². The van der Waals surface area contributed by atoms with Crippen LogP contribution in [-0.2, 0) is 11.2 Å². The molecule has 0 unspecified atom stereocenters. The molecule has 0 aromatic heterocycles. The van der Waals surface area contributed by atoms with Crippen LogP contribution in [0, 0.1) is 13.8 Å². The lowest BCUT2D eigenvalue weighted by Gasteiger charge is -2.12. The van der Waals surface area contributed by atoms with Crippen LogP contribution in [0.25, 0.3) is 0 Å². The molecular formula is C25H28N2O2. The van der Waals surface area contributed by atoms with Gasteiger partial charge >= 0.3 is 0 Å². The smallest absolute Gasteiger partial charge is 0.243 e. The summed E-state index contributed by atoms with van der Waals surface area (Å²) in [6.45, 7) is 4.97. The highest BCUT2D eigenvalue weighted by Crippen LogP contribution is 2.19. The zero-order chi connectivity index (χ0) is 20.5. The minimum absolute atomic E-state index is 0.0906. The summed E-state index contributed by atoms with van der Waals surface area (Å²) in [6.07, 6.45) is 1.93. The average molecular weight is 389 g/mol. The fourth-order valence-corrected chi connectivity index (χ4v) is 3.10. The first-order chi connectivity index (χ1) is 14.1. The summed E-state index contributed by atoms with van der Waals surface area (Å²) < 4.78 is 5.84. The van der Waals surface area contributed by atoms with E-state index in [0.29, 0.717) is 6.61 Å². The lowest BCUT2D eigenvalue weighted by Crippen LogP contribution is -2.22. The summed E-state index contributed by atoms with van der Waals surface area (Å²) in [5.74, 6) is 0.672. The van der Waals surface area contributed by atoms with Crippen LogP contribution in [0.3, 0.4) is 0 Å². The molecule has 0 saturated carbocycles. The summed E-state index contributed by atoms with van der Waals surface area (Å²) in [5.41, 5.74) is 5.39. The molecule has 150 valence electrons. The van der Waals surface area contributed by atoms with Gasteiger partial charge in [0.05, 0.1) is 13.2 Å². The molecule has 1 amide bonds. The number of anilines is 2. The Morgan fingerprint density at radius 3 is 2.55 bits per heavy atom. The Labute approximate surface area is 172 Å². The van der Waals surface area contributed by atoms with Gasteiger partial charge in [-0.05, 0) is 61.6 Å². The Balaban J connectivity index is 1.45. The van der Waals surface area contributed by atoms with E-state index in [4.69, 9.17) is 4.74 Å². The number of amides is 1. The van der Waals surface area contributed by atoms with Gasteiger partial charge in [0.15, 0.2) is 0 Å². The Hall–Kier alpha value is -3.27. The molecule has 0 bridgehead atoms. The molecule has 2 N–H and O–H groups in total. The highest BCUT2D eigenvalue weighted by Gasteiger charge is 2.06. The number of hydrogen-bond acceptors (Lipinski definition) is 3. The van der Waals surface area contributed by atoms with Gasteiger partial charge in [0.1, 0.15) is 5.75 Å². The molecule has 0 spiro atoms. The molecule has 0 atom stereocenters. The second-order valence-corrected chi connectivity index (χ2v) is 7.11. The molecule has 0 saturated heterocycles. The predicted molar refractivity (Wildman–Crippen MR) is 120 cm³/mol. The minimum atomic E-state index is -0.0906. The summed E-state index contributed by atoms with van der Waals surface area (Å²) in [7, 11) is 0. The minimum Gasteiger partial charge on any atom is -0.494 e. The Bertz CT molecular complexity index is 939. The van der Waals surface area contributed by atoms with Crippen molar-refractivity contribution in [1.29, 1.82) is 0 Å². The molecular weight excluding hydrogens is 360 g/mol. The third-order valence-electron chi connectivity index (χ3n) is 4.88. The maximum absolute atomic E-state index is 12.3. The van der Waals surface area contributed by atoms with Gasteiger partial charge in [-0.1, -0.05) is 48.5 Å². The molecule has 3 rings (SSSR count). The Morgan fingerprint density at radius 1 is 0.931 bits per heavy atom. The van der Waals surface area contributed by atoms with E-state index in [-0.39, 0.29) is 12.5 Å². The van der Waals surface area contributed by atoms with Gasteiger partial charge in [0.2, 0.25) is 5.91 Å². The molecule has 4 heteroatoms. The highest BCUT2D eigenvalue weighted by molar-refractivity contribution is 5.94. The molecule has 0 fully saturated rings. The first kappa shape index (κ1) is 20.5. The first-order valence-electron chi connectivity index (χ1n) is 9.98. The van der Waals surface area contributed by atoms with Crippen LogP contribution in [0.1, 0.15) is 23.1 Å². The predicted octanol–water partition coefficient (Wildman–Crippen LogP) is 5.37. The number of hydrogen-bond donors (Lipinski definition) is 2. The van der Waals surface area contributed by atoms with Crippen molar-refractivity contribution in [3.63, 3.8) is 0 Å². The number of rotatable bonds is 9. The number of carbonyl (C=O) groups excluding carboxylic acids is 1. The van der Waals surface area contributed by atoms with Gasteiger partial charge in [-0.2, -0.15) is 0 Å². The van der Waals surface area contributed by atoms with E-state index in [2.05, 4.69) is 47.9 Å². The molecule has 0 aliphatic carbocycles. The van der Waals surface area contributed by atoms with E-state index in [1.165, 1.54) is 11.1 Å². The van der Waals surface area contributed by atoms with Crippen molar-refractivity contribution < 1.29 is 9.53 Å². The summed E-state index contributed by atoms with van der Waals surface area (Å²) in [5, 5.41) is 6.12. The largest absolute Gasteiger partial charge is 0.494 e. The van der Waals surface area contributed by atoms with Gasteiger partial charge in [-0.15, -0.1) is 0 Å². The van der Waals surface area contributed by atoms with Gasteiger partial charge < -0.3 is 15.4 Å². The van der Waals surface area contributed by atoms with Crippen molar-refractivity contribution in [2.75, 3.05) is 23.8 Å². The van der Waals surface area contributed by atoms with Gasteiger partial charge in [0.25, 0.3) is 0 Å². The van der Waals surface area contributed by atoms with Crippen molar-refractivity contribution in [1.82, 2.24) is 0 Å². The molecule has 0 aliphatic rings. The average Bonchev–Trinajstić information content (AvgIpc) is 2.73. The van der Waals surface area contributed by atoms with Crippen LogP contribution in [0.15, 0.2) is 72.8 Å². The fourth-order valence-electron chi connectivity index (χ4n) is 3.10. The van der Waals surface area contributed by atoms with E-state index in [1.54, 1.807) is 0 Å². The Morgan fingerprint density at radius 2 is 1.72 bits per heavy atom. The van der Waals surface area contributed by atoms with E-state index >= 15 is 0 Å². The second kappa shape index (κ2) is 10.3. The van der Waals surface area contributed by atoms with Crippen LogP contribution in [0.4, 0.5) is 11.4 Å². The number of aryl methyl sites for hydroxylation is 2. The van der Waals surface area contributed by atoms with Gasteiger partial charge in [-0.3, -0.25) is 4.79 Å². The van der Waals surface area contributed by atoms with Crippen LogP contribution < -0.4 is 15.4 Å². The van der Waals surface area contributed by atoms with E-state index in [9.17, 15) is 4.79 Å². The summed E-state index contributed by atoms with van der Waals surface area (Å²) in [6, 6.07) is 23.9. The molecule has 3 aromatic carbocycles. The zero-order valence-corrected chi connectivity index (χ0v) is 17.1. The molecule has 0 radical (unpaired) electrons. The molecule has 4 nitrogen and oxygen atoms in total. The van der Waals surface area contributed by atoms with E-state index < -0.39 is 0 Å². The van der Waals surface area contributed by atoms with Crippen molar-refractivity contribution in [2.24, 2.45) is 0 Å². The van der Waals surface area contributed by atoms with Crippen molar-refractivity contribution in [3.05, 3.63) is 89.5 Å². The fraction of sp³-hybridized carbons (Fsp3) is 0.240. The number of nitrogens with one attached hydrogen (secondary N) is 2. The normalized spacial score (nSPS) is 10.4. The number of benzene rings is 3. The monoisotopic (exact) mass is 388 g/mol. The van der Waals surface area contributed by atoms with Crippen molar-refractivity contribution in [2.45, 2.75) is 26.7 Å². The van der Waals surface area contributed by atoms with Crippen LogP contribution >= 0.6 is 0 Å². The summed E-state index contributed by atoms with van der Waals surface area (Å²) in [4.78, 5) is 12.3. The van der Waals surface area contributed by atoms with Crippen LogP contribution in [-0.4, -0.2) is 19.1 Å². The molecule has 3 aromatic rings. The molecule has 0 aliphatic heterocycles. The standard InChI is InChI=1S/C25H28N2O2/c1-19-9-6-15-24(20(19)2)26-18-25(28)27-22-13-7-14-23(17-22)29-16-8-12-21-10-4-3-5-11-21/h3-7,9-11,13-15,17,26H,8,12,16,18H2,1-2H3,(H,27,28). The molecule has 29 heavy (non-hydrogen) atoms. The van der Waals surface area contributed by atoms with E-state index in [1.807, 2.05) is 49.4 Å².